The number of nitrogens with two attached hydrogens (primary N) is 1. The molecule has 0 heterocycles. The lowest BCUT2D eigenvalue weighted by atomic mass is 9.96. The predicted octanol–water partition coefficient (Wildman–Crippen LogP) is 3.78. The minimum absolute atomic E-state index is 0.0933. The zero-order valence-electron chi connectivity index (χ0n) is 12.9. The van der Waals surface area contributed by atoms with Gasteiger partial charge in [-0.05, 0) is 43.2 Å². The van der Waals surface area contributed by atoms with Gasteiger partial charge in [-0.25, -0.2) is 0 Å². The van der Waals surface area contributed by atoms with Gasteiger partial charge in [-0.2, -0.15) is 0 Å². The van der Waals surface area contributed by atoms with Crippen LogP contribution in [0.2, 0.25) is 0 Å². The van der Waals surface area contributed by atoms with Crippen molar-refractivity contribution in [3.05, 3.63) is 59.2 Å². The first-order valence-electron chi connectivity index (χ1n) is 7.20. The van der Waals surface area contributed by atoms with Crippen LogP contribution in [0.25, 0.3) is 0 Å². The van der Waals surface area contributed by atoms with Crippen LogP contribution < -0.4 is 15.2 Å². The second-order valence-electron chi connectivity index (χ2n) is 5.25. The minimum Gasteiger partial charge on any atom is -0.496 e. The smallest absolute Gasteiger partial charge is 0.124 e. The molecule has 0 saturated carbocycles. The van der Waals surface area contributed by atoms with E-state index in [9.17, 15) is 0 Å². The van der Waals surface area contributed by atoms with Crippen LogP contribution in [0.5, 0.6) is 11.5 Å². The van der Waals surface area contributed by atoms with E-state index in [-0.39, 0.29) is 6.04 Å². The highest BCUT2D eigenvalue weighted by atomic mass is 16.5. The van der Waals surface area contributed by atoms with Crippen molar-refractivity contribution in [1.82, 2.24) is 0 Å². The number of rotatable bonds is 6. The first kappa shape index (κ1) is 15.4. The van der Waals surface area contributed by atoms with Crippen LogP contribution in [-0.2, 0) is 0 Å². The Kier molecular flexibility index (Phi) is 5.23. The zero-order valence-corrected chi connectivity index (χ0v) is 12.9. The monoisotopic (exact) mass is 285 g/mol. The molecule has 1 atom stereocenters. The molecule has 21 heavy (non-hydrogen) atoms. The number of hydrogen-bond donors (Lipinski definition) is 1. The molecule has 3 nitrogen and oxygen atoms in total. The molecule has 3 heteroatoms. The van der Waals surface area contributed by atoms with Gasteiger partial charge in [0, 0.05) is 18.0 Å². The van der Waals surface area contributed by atoms with Crippen molar-refractivity contribution in [1.29, 1.82) is 0 Å². The topological polar surface area (TPSA) is 44.5 Å². The molecule has 0 aliphatic heterocycles. The number of para-hydroxylation sites is 1. The third-order valence-corrected chi connectivity index (χ3v) is 3.52. The molecule has 112 valence electrons. The van der Waals surface area contributed by atoms with Crippen molar-refractivity contribution in [2.45, 2.75) is 26.3 Å². The van der Waals surface area contributed by atoms with E-state index < -0.39 is 0 Å². The van der Waals surface area contributed by atoms with Crippen LogP contribution in [0.4, 0.5) is 0 Å². The number of aryl methyl sites for hydroxylation is 2. The summed E-state index contributed by atoms with van der Waals surface area (Å²) < 4.78 is 11.2. The molecule has 0 fully saturated rings. The summed E-state index contributed by atoms with van der Waals surface area (Å²) in [6.07, 6.45) is 0.745. The summed E-state index contributed by atoms with van der Waals surface area (Å²) >= 11 is 0. The maximum atomic E-state index is 6.33. The van der Waals surface area contributed by atoms with Gasteiger partial charge in [-0.3, -0.25) is 0 Å². The van der Waals surface area contributed by atoms with Crippen LogP contribution in [0, 0.1) is 13.8 Å². The van der Waals surface area contributed by atoms with Crippen LogP contribution in [-0.4, -0.2) is 13.7 Å². The summed E-state index contributed by atoms with van der Waals surface area (Å²) in [5.74, 6) is 1.73. The molecule has 2 N–H and O–H groups in total. The summed E-state index contributed by atoms with van der Waals surface area (Å²) in [4.78, 5) is 0. The number of benzene rings is 2. The fourth-order valence-electron chi connectivity index (χ4n) is 2.55. The van der Waals surface area contributed by atoms with Gasteiger partial charge in [-0.15, -0.1) is 0 Å². The van der Waals surface area contributed by atoms with Gasteiger partial charge in [-0.1, -0.05) is 24.3 Å². The lowest BCUT2D eigenvalue weighted by Gasteiger charge is -2.19. The van der Waals surface area contributed by atoms with Crippen molar-refractivity contribution in [3.8, 4) is 11.5 Å². The molecule has 1 unspecified atom stereocenters. The van der Waals surface area contributed by atoms with Gasteiger partial charge in [0.1, 0.15) is 11.5 Å². The Morgan fingerprint density at radius 1 is 1.10 bits per heavy atom. The summed E-state index contributed by atoms with van der Waals surface area (Å²) in [7, 11) is 1.69. The maximum Gasteiger partial charge on any atom is 0.124 e. The van der Waals surface area contributed by atoms with Crippen molar-refractivity contribution >= 4 is 0 Å². The minimum atomic E-state index is -0.0933. The SMILES string of the molecule is COc1cc(C)cc(C)c1C(N)CCOc1ccccc1. The second-order valence-corrected chi connectivity index (χ2v) is 5.25. The van der Waals surface area contributed by atoms with E-state index >= 15 is 0 Å². The Morgan fingerprint density at radius 3 is 2.48 bits per heavy atom. The van der Waals surface area contributed by atoms with E-state index in [1.807, 2.05) is 36.4 Å². The van der Waals surface area contributed by atoms with Gasteiger partial charge < -0.3 is 15.2 Å². The molecule has 0 amide bonds. The average molecular weight is 285 g/mol. The molecule has 2 rings (SSSR count). The average Bonchev–Trinajstić information content (AvgIpc) is 2.47. The molecule has 0 radical (unpaired) electrons. The maximum absolute atomic E-state index is 6.33. The molecule has 0 spiro atoms. The summed E-state index contributed by atoms with van der Waals surface area (Å²) in [5, 5.41) is 0. The normalized spacial score (nSPS) is 12.0. The predicted molar refractivity (Wildman–Crippen MR) is 86.0 cm³/mol. The number of methoxy groups -OCH3 is 1. The molecule has 0 aromatic heterocycles. The van der Waals surface area contributed by atoms with E-state index in [2.05, 4.69) is 19.9 Å². The van der Waals surface area contributed by atoms with Crippen LogP contribution >= 0.6 is 0 Å². The molecule has 0 aliphatic carbocycles. The lowest BCUT2D eigenvalue weighted by molar-refractivity contribution is 0.296. The van der Waals surface area contributed by atoms with Crippen molar-refractivity contribution in [3.63, 3.8) is 0 Å². The van der Waals surface area contributed by atoms with Gasteiger partial charge in [0.05, 0.1) is 13.7 Å². The third kappa shape index (κ3) is 3.99. The van der Waals surface area contributed by atoms with Gasteiger partial charge in [0.2, 0.25) is 0 Å². The molecule has 0 aliphatic rings. The van der Waals surface area contributed by atoms with E-state index in [1.165, 1.54) is 11.1 Å². The van der Waals surface area contributed by atoms with E-state index in [4.69, 9.17) is 15.2 Å². The summed E-state index contributed by atoms with van der Waals surface area (Å²) in [6.45, 7) is 4.72. The first-order valence-corrected chi connectivity index (χ1v) is 7.20. The molecule has 2 aromatic rings. The largest absolute Gasteiger partial charge is 0.496 e. The zero-order chi connectivity index (χ0) is 15.2. The van der Waals surface area contributed by atoms with Crippen molar-refractivity contribution < 1.29 is 9.47 Å². The molecular weight excluding hydrogens is 262 g/mol. The van der Waals surface area contributed by atoms with Gasteiger partial charge >= 0.3 is 0 Å². The first-order chi connectivity index (χ1) is 10.1. The molecular formula is C18H23NO2. The summed E-state index contributed by atoms with van der Waals surface area (Å²) in [6, 6.07) is 13.9. The highest BCUT2D eigenvalue weighted by molar-refractivity contribution is 5.44. The Hall–Kier alpha value is -2.00. The number of ether oxygens (including phenoxy) is 2. The van der Waals surface area contributed by atoms with Crippen LogP contribution in [0.3, 0.4) is 0 Å². The molecule has 0 bridgehead atoms. The third-order valence-electron chi connectivity index (χ3n) is 3.52. The Labute approximate surface area is 126 Å². The van der Waals surface area contributed by atoms with Crippen LogP contribution in [0.1, 0.15) is 29.2 Å². The lowest BCUT2D eigenvalue weighted by Crippen LogP contribution is -2.16. The fourth-order valence-corrected chi connectivity index (χ4v) is 2.55. The standard InChI is InChI=1S/C18H23NO2/c1-13-11-14(2)18(17(12-13)20-3)16(19)9-10-21-15-7-5-4-6-8-15/h4-8,11-12,16H,9-10,19H2,1-3H3. The highest BCUT2D eigenvalue weighted by Crippen LogP contribution is 2.30. The van der Waals surface area contributed by atoms with Gasteiger partial charge in [0.25, 0.3) is 0 Å². The summed E-state index contributed by atoms with van der Waals surface area (Å²) in [5.41, 5.74) is 9.74. The highest BCUT2D eigenvalue weighted by Gasteiger charge is 2.15. The number of hydrogen-bond acceptors (Lipinski definition) is 3. The Balaban J connectivity index is 2.02. The molecule has 2 aromatic carbocycles. The van der Waals surface area contributed by atoms with Crippen molar-refractivity contribution in [2.24, 2.45) is 5.73 Å². The van der Waals surface area contributed by atoms with Crippen LogP contribution in [0.15, 0.2) is 42.5 Å². The van der Waals surface area contributed by atoms with E-state index in [0.29, 0.717) is 6.61 Å². The second kappa shape index (κ2) is 7.14. The fraction of sp³-hybridized carbons (Fsp3) is 0.333. The van der Waals surface area contributed by atoms with Crippen molar-refractivity contribution in [2.75, 3.05) is 13.7 Å². The van der Waals surface area contributed by atoms with Gasteiger partial charge in [0.15, 0.2) is 0 Å². The Morgan fingerprint density at radius 2 is 1.81 bits per heavy atom. The van der Waals surface area contributed by atoms with E-state index in [1.54, 1.807) is 7.11 Å². The molecule has 0 saturated heterocycles. The van der Waals surface area contributed by atoms with E-state index in [0.717, 1.165) is 23.5 Å². The quantitative estimate of drug-likeness (QED) is 0.878. The Bertz CT molecular complexity index is 581.